The molecule has 0 aromatic carbocycles. The zero-order chi connectivity index (χ0) is 13.6. The van der Waals surface area contributed by atoms with Crippen LogP contribution >= 0.6 is 0 Å². The minimum absolute atomic E-state index is 0.0827. The molecule has 1 fully saturated rings. The third-order valence-corrected chi connectivity index (χ3v) is 4.09. The standard InChI is InChI=1S/C14H25N3O2/c18-7-6-17-10-13(9-16-17)8-15-11-14(12-19)4-2-1-3-5-14/h9-10,15,18-19H,1-8,11-12H2. The molecule has 0 aliphatic heterocycles. The van der Waals surface area contributed by atoms with Crippen LogP contribution in [0.25, 0.3) is 0 Å². The van der Waals surface area contributed by atoms with Gasteiger partial charge in [-0.15, -0.1) is 0 Å². The SMILES string of the molecule is OCCn1cc(CNCC2(CO)CCCCC2)cn1. The molecule has 0 spiro atoms. The summed E-state index contributed by atoms with van der Waals surface area (Å²) < 4.78 is 1.75. The van der Waals surface area contributed by atoms with E-state index in [1.807, 2.05) is 12.4 Å². The van der Waals surface area contributed by atoms with Crippen molar-refractivity contribution in [2.45, 2.75) is 45.2 Å². The van der Waals surface area contributed by atoms with Crippen LogP contribution in [0.4, 0.5) is 0 Å². The van der Waals surface area contributed by atoms with E-state index in [-0.39, 0.29) is 18.6 Å². The lowest BCUT2D eigenvalue weighted by atomic mass is 9.74. The molecule has 1 aliphatic carbocycles. The van der Waals surface area contributed by atoms with Crippen LogP contribution in [0.15, 0.2) is 12.4 Å². The fourth-order valence-corrected chi connectivity index (χ4v) is 2.89. The van der Waals surface area contributed by atoms with Gasteiger partial charge in [-0.25, -0.2) is 0 Å². The van der Waals surface area contributed by atoms with Gasteiger partial charge in [0, 0.05) is 36.9 Å². The van der Waals surface area contributed by atoms with Crippen LogP contribution in [-0.4, -0.2) is 39.8 Å². The summed E-state index contributed by atoms with van der Waals surface area (Å²) in [6.45, 7) is 2.58. The number of nitrogens with one attached hydrogen (secondary N) is 1. The second-order valence-corrected chi connectivity index (χ2v) is 5.66. The van der Waals surface area contributed by atoms with E-state index < -0.39 is 0 Å². The Bertz CT molecular complexity index is 373. The molecule has 0 radical (unpaired) electrons. The van der Waals surface area contributed by atoms with Gasteiger partial charge < -0.3 is 15.5 Å². The van der Waals surface area contributed by atoms with E-state index in [0.29, 0.717) is 6.54 Å². The van der Waals surface area contributed by atoms with Crippen molar-refractivity contribution in [3.05, 3.63) is 18.0 Å². The number of rotatable bonds is 7. The highest BCUT2D eigenvalue weighted by molar-refractivity contribution is 5.03. The van der Waals surface area contributed by atoms with Gasteiger partial charge in [0.1, 0.15) is 0 Å². The van der Waals surface area contributed by atoms with Crippen LogP contribution in [-0.2, 0) is 13.1 Å². The number of nitrogens with zero attached hydrogens (tertiary/aromatic N) is 2. The predicted octanol–water partition coefficient (Wildman–Crippen LogP) is 0.908. The molecule has 0 amide bonds. The van der Waals surface area contributed by atoms with Crippen LogP contribution in [0.5, 0.6) is 0 Å². The molecule has 0 saturated heterocycles. The summed E-state index contributed by atoms with van der Waals surface area (Å²) in [5.41, 5.74) is 1.21. The van der Waals surface area contributed by atoms with Gasteiger partial charge in [-0.05, 0) is 12.8 Å². The van der Waals surface area contributed by atoms with Crippen molar-refractivity contribution in [3.63, 3.8) is 0 Å². The molecular weight excluding hydrogens is 242 g/mol. The predicted molar refractivity (Wildman–Crippen MR) is 73.6 cm³/mol. The third-order valence-electron chi connectivity index (χ3n) is 4.09. The van der Waals surface area contributed by atoms with Gasteiger partial charge in [-0.2, -0.15) is 5.10 Å². The topological polar surface area (TPSA) is 70.3 Å². The Labute approximate surface area is 114 Å². The van der Waals surface area contributed by atoms with Crippen LogP contribution in [0, 0.1) is 5.41 Å². The van der Waals surface area contributed by atoms with Gasteiger partial charge in [-0.1, -0.05) is 19.3 Å². The Balaban J connectivity index is 1.78. The van der Waals surface area contributed by atoms with E-state index in [1.54, 1.807) is 4.68 Å². The Morgan fingerprint density at radius 3 is 2.74 bits per heavy atom. The Morgan fingerprint density at radius 1 is 1.26 bits per heavy atom. The molecule has 0 atom stereocenters. The molecule has 0 bridgehead atoms. The maximum absolute atomic E-state index is 9.63. The largest absolute Gasteiger partial charge is 0.396 e. The zero-order valence-corrected chi connectivity index (χ0v) is 11.5. The summed E-state index contributed by atoms with van der Waals surface area (Å²) in [6, 6.07) is 0. The Hall–Kier alpha value is -0.910. The molecule has 1 aromatic heterocycles. The number of aliphatic hydroxyl groups is 2. The summed E-state index contributed by atoms with van der Waals surface area (Å²) in [5.74, 6) is 0. The first kappa shape index (κ1) is 14.5. The van der Waals surface area contributed by atoms with Gasteiger partial charge in [0.15, 0.2) is 0 Å². The van der Waals surface area contributed by atoms with E-state index in [2.05, 4.69) is 10.4 Å². The Kier molecular flexibility index (Phi) is 5.36. The zero-order valence-electron chi connectivity index (χ0n) is 11.5. The molecule has 1 heterocycles. The van der Waals surface area contributed by atoms with Crippen LogP contribution in [0.3, 0.4) is 0 Å². The molecule has 19 heavy (non-hydrogen) atoms. The van der Waals surface area contributed by atoms with E-state index in [9.17, 15) is 5.11 Å². The van der Waals surface area contributed by atoms with Gasteiger partial charge in [0.2, 0.25) is 0 Å². The maximum Gasteiger partial charge on any atom is 0.0640 e. The summed E-state index contributed by atoms with van der Waals surface area (Å²) in [4.78, 5) is 0. The first-order valence-corrected chi connectivity index (χ1v) is 7.22. The molecule has 0 unspecified atom stereocenters. The molecule has 1 saturated carbocycles. The van der Waals surface area contributed by atoms with Gasteiger partial charge in [0.05, 0.1) is 19.3 Å². The normalized spacial score (nSPS) is 18.6. The molecule has 1 aromatic rings. The molecule has 2 rings (SSSR count). The van der Waals surface area contributed by atoms with Crippen molar-refractivity contribution in [1.29, 1.82) is 0 Å². The molecule has 3 N–H and O–H groups in total. The van der Waals surface area contributed by atoms with Gasteiger partial charge >= 0.3 is 0 Å². The molecule has 1 aliphatic rings. The Morgan fingerprint density at radius 2 is 2.05 bits per heavy atom. The van der Waals surface area contributed by atoms with Crippen molar-refractivity contribution >= 4 is 0 Å². The maximum atomic E-state index is 9.63. The highest BCUT2D eigenvalue weighted by Gasteiger charge is 2.30. The van der Waals surface area contributed by atoms with Crippen LogP contribution in [0.2, 0.25) is 0 Å². The van der Waals surface area contributed by atoms with E-state index >= 15 is 0 Å². The molecule has 5 nitrogen and oxygen atoms in total. The molecule has 108 valence electrons. The minimum Gasteiger partial charge on any atom is -0.396 e. The van der Waals surface area contributed by atoms with Crippen molar-refractivity contribution in [2.75, 3.05) is 19.8 Å². The monoisotopic (exact) mass is 267 g/mol. The lowest BCUT2D eigenvalue weighted by molar-refractivity contribution is 0.0810. The average molecular weight is 267 g/mol. The number of aliphatic hydroxyl groups excluding tert-OH is 2. The number of hydrogen-bond acceptors (Lipinski definition) is 4. The number of aromatic nitrogens is 2. The van der Waals surface area contributed by atoms with Gasteiger partial charge in [0.25, 0.3) is 0 Å². The summed E-state index contributed by atoms with van der Waals surface area (Å²) in [7, 11) is 0. The summed E-state index contributed by atoms with van der Waals surface area (Å²) in [5, 5.41) is 26.1. The van der Waals surface area contributed by atoms with Crippen LogP contribution in [0.1, 0.15) is 37.7 Å². The first-order chi connectivity index (χ1) is 9.28. The van der Waals surface area contributed by atoms with Gasteiger partial charge in [-0.3, -0.25) is 4.68 Å². The first-order valence-electron chi connectivity index (χ1n) is 7.22. The average Bonchev–Trinajstić information content (AvgIpc) is 2.88. The van der Waals surface area contributed by atoms with Crippen molar-refractivity contribution in [2.24, 2.45) is 5.41 Å². The minimum atomic E-state index is 0.0827. The van der Waals surface area contributed by atoms with Crippen LogP contribution < -0.4 is 5.32 Å². The van der Waals surface area contributed by atoms with E-state index in [1.165, 1.54) is 19.3 Å². The third kappa shape index (κ3) is 4.03. The highest BCUT2D eigenvalue weighted by atomic mass is 16.3. The fraction of sp³-hybridized carbons (Fsp3) is 0.786. The van der Waals surface area contributed by atoms with E-state index in [0.717, 1.165) is 31.5 Å². The van der Waals surface area contributed by atoms with Crippen molar-refractivity contribution in [3.8, 4) is 0 Å². The second kappa shape index (κ2) is 7.03. The highest BCUT2D eigenvalue weighted by Crippen LogP contribution is 2.35. The molecular formula is C14H25N3O2. The van der Waals surface area contributed by atoms with Crippen molar-refractivity contribution in [1.82, 2.24) is 15.1 Å². The lowest BCUT2D eigenvalue weighted by Crippen LogP contribution is -2.38. The fourth-order valence-electron chi connectivity index (χ4n) is 2.89. The quantitative estimate of drug-likeness (QED) is 0.687. The lowest BCUT2D eigenvalue weighted by Gasteiger charge is -2.35. The second-order valence-electron chi connectivity index (χ2n) is 5.66. The number of hydrogen-bond donors (Lipinski definition) is 3. The van der Waals surface area contributed by atoms with Crippen molar-refractivity contribution < 1.29 is 10.2 Å². The van der Waals surface area contributed by atoms with E-state index in [4.69, 9.17) is 5.11 Å². The molecule has 5 heteroatoms. The summed E-state index contributed by atoms with van der Waals surface area (Å²) in [6.07, 6.45) is 9.80. The smallest absolute Gasteiger partial charge is 0.0640 e. The summed E-state index contributed by atoms with van der Waals surface area (Å²) >= 11 is 0.